The molecule has 6 nitrogen and oxygen atoms in total. The van der Waals surface area contributed by atoms with Crippen LogP contribution < -0.4 is 15.5 Å². The zero-order chi connectivity index (χ0) is 15.1. The van der Waals surface area contributed by atoms with Gasteiger partial charge in [0.05, 0.1) is 0 Å². The highest BCUT2D eigenvalue weighted by atomic mass is 16.5. The first-order chi connectivity index (χ1) is 10.2. The van der Waals surface area contributed by atoms with Gasteiger partial charge in [0.1, 0.15) is 0 Å². The van der Waals surface area contributed by atoms with Crippen LogP contribution in [0.1, 0.15) is 19.8 Å². The largest absolute Gasteiger partial charge is 0.382 e. The van der Waals surface area contributed by atoms with E-state index in [1.165, 1.54) is 0 Å². The molecule has 0 saturated carbocycles. The molecule has 114 valence electrons. The van der Waals surface area contributed by atoms with Gasteiger partial charge in [-0.05, 0) is 37.6 Å². The van der Waals surface area contributed by atoms with E-state index < -0.39 is 0 Å². The van der Waals surface area contributed by atoms with E-state index in [-0.39, 0.29) is 11.9 Å². The van der Waals surface area contributed by atoms with Gasteiger partial charge in [0.25, 0.3) is 0 Å². The SMILES string of the molecule is CCOCCCC(=O)Nc1ccc(N2CCNC2=O)cc1. The molecule has 2 N–H and O–H groups in total. The summed E-state index contributed by atoms with van der Waals surface area (Å²) in [5.74, 6) is -0.0265. The molecule has 2 rings (SSSR count). The van der Waals surface area contributed by atoms with Crippen LogP contribution in [-0.2, 0) is 9.53 Å². The van der Waals surface area contributed by atoms with Crippen molar-refractivity contribution in [2.24, 2.45) is 0 Å². The number of rotatable bonds is 7. The van der Waals surface area contributed by atoms with Crippen molar-refractivity contribution in [3.63, 3.8) is 0 Å². The van der Waals surface area contributed by atoms with Crippen molar-refractivity contribution in [2.75, 3.05) is 36.5 Å². The normalized spacial score (nSPS) is 14.1. The maximum atomic E-state index is 11.7. The Morgan fingerprint density at radius 2 is 2.14 bits per heavy atom. The van der Waals surface area contributed by atoms with Crippen LogP contribution in [0.25, 0.3) is 0 Å². The van der Waals surface area contributed by atoms with Gasteiger partial charge in [0.2, 0.25) is 5.91 Å². The standard InChI is InChI=1S/C15H21N3O3/c1-2-21-11-3-4-14(19)17-12-5-7-13(8-6-12)18-10-9-16-15(18)20/h5-8H,2-4,9-11H2,1H3,(H,16,20)(H,17,19). The van der Waals surface area contributed by atoms with Gasteiger partial charge in [-0.1, -0.05) is 0 Å². The number of carbonyl (C=O) groups excluding carboxylic acids is 2. The molecule has 1 heterocycles. The van der Waals surface area contributed by atoms with E-state index in [9.17, 15) is 9.59 Å². The lowest BCUT2D eigenvalue weighted by Crippen LogP contribution is -2.27. The topological polar surface area (TPSA) is 70.7 Å². The number of amides is 3. The first-order valence-electron chi connectivity index (χ1n) is 7.23. The Hall–Kier alpha value is -2.08. The predicted octanol–water partition coefficient (Wildman–Crippen LogP) is 1.97. The molecular weight excluding hydrogens is 270 g/mol. The van der Waals surface area contributed by atoms with Gasteiger partial charge in [0.15, 0.2) is 0 Å². The Morgan fingerprint density at radius 3 is 2.76 bits per heavy atom. The maximum absolute atomic E-state index is 11.7. The van der Waals surface area contributed by atoms with E-state index in [0.717, 1.165) is 11.4 Å². The minimum atomic E-state index is -0.0808. The van der Waals surface area contributed by atoms with E-state index in [4.69, 9.17) is 4.74 Å². The van der Waals surface area contributed by atoms with Crippen molar-refractivity contribution in [1.82, 2.24) is 5.32 Å². The van der Waals surface area contributed by atoms with E-state index in [1.54, 1.807) is 17.0 Å². The molecule has 1 aliphatic heterocycles. The molecule has 0 atom stereocenters. The lowest BCUT2D eigenvalue weighted by molar-refractivity contribution is -0.116. The van der Waals surface area contributed by atoms with Crippen LogP contribution in [0.5, 0.6) is 0 Å². The first kappa shape index (κ1) is 15.3. The van der Waals surface area contributed by atoms with Gasteiger partial charge >= 0.3 is 6.03 Å². The number of hydrogen-bond acceptors (Lipinski definition) is 3. The molecule has 0 radical (unpaired) electrons. The third-order valence-electron chi connectivity index (χ3n) is 3.22. The van der Waals surface area contributed by atoms with Crippen molar-refractivity contribution in [1.29, 1.82) is 0 Å². The smallest absolute Gasteiger partial charge is 0.321 e. The molecule has 21 heavy (non-hydrogen) atoms. The number of carbonyl (C=O) groups is 2. The number of benzene rings is 1. The van der Waals surface area contributed by atoms with Crippen LogP contribution in [0, 0.1) is 0 Å². The summed E-state index contributed by atoms with van der Waals surface area (Å²) in [6, 6.07) is 7.20. The van der Waals surface area contributed by atoms with Gasteiger partial charge < -0.3 is 15.4 Å². The molecule has 1 aromatic carbocycles. The lowest BCUT2D eigenvalue weighted by Gasteiger charge is -2.14. The molecule has 3 amide bonds. The Bertz CT molecular complexity index is 487. The average molecular weight is 291 g/mol. The van der Waals surface area contributed by atoms with Crippen molar-refractivity contribution >= 4 is 23.3 Å². The fraction of sp³-hybridized carbons (Fsp3) is 0.467. The highest BCUT2D eigenvalue weighted by molar-refractivity contribution is 5.95. The lowest BCUT2D eigenvalue weighted by atomic mass is 10.2. The molecule has 0 spiro atoms. The van der Waals surface area contributed by atoms with Crippen molar-refractivity contribution < 1.29 is 14.3 Å². The van der Waals surface area contributed by atoms with Crippen LogP contribution in [0.2, 0.25) is 0 Å². The first-order valence-corrected chi connectivity index (χ1v) is 7.23. The molecule has 0 unspecified atom stereocenters. The minimum Gasteiger partial charge on any atom is -0.382 e. The summed E-state index contributed by atoms with van der Waals surface area (Å²) in [7, 11) is 0. The summed E-state index contributed by atoms with van der Waals surface area (Å²) >= 11 is 0. The summed E-state index contributed by atoms with van der Waals surface area (Å²) in [6.07, 6.45) is 1.15. The van der Waals surface area contributed by atoms with Gasteiger partial charge in [0, 0.05) is 44.1 Å². The highest BCUT2D eigenvalue weighted by Gasteiger charge is 2.20. The predicted molar refractivity (Wildman–Crippen MR) is 81.5 cm³/mol. The second-order valence-electron chi connectivity index (χ2n) is 4.78. The maximum Gasteiger partial charge on any atom is 0.321 e. The Kier molecular flexibility index (Phi) is 5.57. The van der Waals surface area contributed by atoms with Crippen LogP contribution in [-0.4, -0.2) is 38.2 Å². The monoisotopic (exact) mass is 291 g/mol. The Morgan fingerprint density at radius 1 is 1.38 bits per heavy atom. The molecule has 1 aliphatic rings. The van der Waals surface area contributed by atoms with E-state index >= 15 is 0 Å². The van der Waals surface area contributed by atoms with E-state index in [1.807, 2.05) is 19.1 Å². The average Bonchev–Trinajstić information content (AvgIpc) is 2.91. The van der Waals surface area contributed by atoms with E-state index in [2.05, 4.69) is 10.6 Å². The number of urea groups is 1. The quantitative estimate of drug-likeness (QED) is 0.755. The van der Waals surface area contributed by atoms with Crippen molar-refractivity contribution in [2.45, 2.75) is 19.8 Å². The van der Waals surface area contributed by atoms with Crippen LogP contribution in [0.15, 0.2) is 24.3 Å². The second kappa shape index (κ2) is 7.64. The molecule has 1 fully saturated rings. The number of anilines is 2. The van der Waals surface area contributed by atoms with Gasteiger partial charge in [-0.25, -0.2) is 4.79 Å². The fourth-order valence-electron chi connectivity index (χ4n) is 2.15. The molecular formula is C15H21N3O3. The third kappa shape index (κ3) is 4.46. The summed E-state index contributed by atoms with van der Waals surface area (Å²) < 4.78 is 5.19. The summed E-state index contributed by atoms with van der Waals surface area (Å²) in [4.78, 5) is 24.9. The fourth-order valence-corrected chi connectivity index (χ4v) is 2.15. The molecule has 6 heteroatoms. The Balaban J connectivity index is 1.82. The molecule has 0 aliphatic carbocycles. The minimum absolute atomic E-state index is 0.0265. The van der Waals surface area contributed by atoms with Gasteiger partial charge in [-0.15, -0.1) is 0 Å². The van der Waals surface area contributed by atoms with Gasteiger partial charge in [-0.2, -0.15) is 0 Å². The van der Waals surface area contributed by atoms with Crippen molar-refractivity contribution in [3.8, 4) is 0 Å². The number of ether oxygens (including phenoxy) is 1. The van der Waals surface area contributed by atoms with Crippen LogP contribution >= 0.6 is 0 Å². The van der Waals surface area contributed by atoms with Crippen LogP contribution in [0.3, 0.4) is 0 Å². The van der Waals surface area contributed by atoms with E-state index in [0.29, 0.717) is 39.1 Å². The highest BCUT2D eigenvalue weighted by Crippen LogP contribution is 2.19. The van der Waals surface area contributed by atoms with Gasteiger partial charge in [-0.3, -0.25) is 9.69 Å². The zero-order valence-corrected chi connectivity index (χ0v) is 12.2. The summed E-state index contributed by atoms with van der Waals surface area (Å²) in [5.41, 5.74) is 1.57. The Labute approximate surface area is 124 Å². The molecule has 0 aromatic heterocycles. The number of nitrogens with one attached hydrogen (secondary N) is 2. The summed E-state index contributed by atoms with van der Waals surface area (Å²) in [5, 5.41) is 5.59. The summed E-state index contributed by atoms with van der Waals surface area (Å²) in [6.45, 7) is 4.54. The van der Waals surface area contributed by atoms with Crippen molar-refractivity contribution in [3.05, 3.63) is 24.3 Å². The van der Waals surface area contributed by atoms with Crippen LogP contribution in [0.4, 0.5) is 16.2 Å². The number of hydrogen-bond donors (Lipinski definition) is 2. The third-order valence-corrected chi connectivity index (χ3v) is 3.22. The number of nitrogens with zero attached hydrogens (tertiary/aromatic N) is 1. The molecule has 1 aromatic rings. The zero-order valence-electron chi connectivity index (χ0n) is 12.2. The second-order valence-corrected chi connectivity index (χ2v) is 4.78. The molecule has 0 bridgehead atoms. The molecule has 1 saturated heterocycles.